The highest BCUT2D eigenvalue weighted by Gasteiger charge is 2.48. The molecule has 6 N–H and O–H groups in total. The summed E-state index contributed by atoms with van der Waals surface area (Å²) in [5.74, 6) is 0. The van der Waals surface area contributed by atoms with Crippen molar-refractivity contribution in [2.45, 2.75) is 71.8 Å². The van der Waals surface area contributed by atoms with Crippen LogP contribution >= 0.6 is 0 Å². The zero-order valence-corrected chi connectivity index (χ0v) is 14.0. The molecule has 0 bridgehead atoms. The van der Waals surface area contributed by atoms with Gasteiger partial charge in [0.1, 0.15) is 5.54 Å². The lowest BCUT2D eigenvalue weighted by atomic mass is 9.61. The molecule has 0 aliphatic rings. The van der Waals surface area contributed by atoms with Crippen molar-refractivity contribution in [2.24, 2.45) is 5.41 Å². The van der Waals surface area contributed by atoms with E-state index in [2.05, 4.69) is 52.4 Å². The van der Waals surface area contributed by atoms with Crippen LogP contribution in [0.1, 0.15) is 66.2 Å². The van der Waals surface area contributed by atoms with Crippen molar-refractivity contribution >= 4 is 0 Å². The van der Waals surface area contributed by atoms with E-state index in [0.717, 1.165) is 0 Å². The fourth-order valence-electron chi connectivity index (χ4n) is 3.92. The minimum absolute atomic E-state index is 0. The lowest BCUT2D eigenvalue weighted by Gasteiger charge is -2.47. The van der Waals surface area contributed by atoms with Crippen LogP contribution in [0.4, 0.5) is 0 Å². The van der Waals surface area contributed by atoms with Gasteiger partial charge in [-0.15, -0.1) is 0 Å². The lowest BCUT2D eigenvalue weighted by molar-refractivity contribution is -0.723. The Morgan fingerprint density at radius 3 is 1.53 bits per heavy atom. The molecule has 4 heteroatoms. The van der Waals surface area contributed by atoms with E-state index in [0.29, 0.717) is 11.0 Å². The Bertz CT molecular complexity index is 182. The third-order valence-electron chi connectivity index (χ3n) is 5.37. The number of quaternary nitrogens is 2. The van der Waals surface area contributed by atoms with Gasteiger partial charge in [0.2, 0.25) is 0 Å². The molecule has 0 unspecified atom stereocenters. The van der Waals surface area contributed by atoms with Gasteiger partial charge in [0.25, 0.3) is 0 Å². The summed E-state index contributed by atoms with van der Waals surface area (Å²) in [4.78, 5) is 0. The molecule has 0 aliphatic carbocycles. The summed E-state index contributed by atoms with van der Waals surface area (Å²) in [7, 11) is 4.46. The molecule has 0 fully saturated rings. The Hall–Kier alpha value is -0.160. The molecule has 4 nitrogen and oxygen atoms in total. The van der Waals surface area contributed by atoms with E-state index in [1.807, 2.05) is 0 Å². The third-order valence-corrected chi connectivity index (χ3v) is 5.37. The van der Waals surface area contributed by atoms with Crippen molar-refractivity contribution in [2.75, 3.05) is 20.6 Å². The summed E-state index contributed by atoms with van der Waals surface area (Å²) in [5.41, 5.74) is 0.971. The summed E-state index contributed by atoms with van der Waals surface area (Å²) >= 11 is 0. The number of hydrogen-bond acceptors (Lipinski definition) is 2. The summed E-state index contributed by atoms with van der Waals surface area (Å²) in [6.07, 6.45) is 7.96. The highest BCUT2D eigenvalue weighted by molar-refractivity contribution is 4.95. The molecule has 0 spiro atoms. The van der Waals surface area contributed by atoms with Gasteiger partial charge in [-0.2, -0.15) is 0 Å². The van der Waals surface area contributed by atoms with Crippen molar-refractivity contribution in [3.63, 3.8) is 0 Å². The van der Waals surface area contributed by atoms with Gasteiger partial charge in [0.05, 0.1) is 20.6 Å². The SMILES string of the molecule is CCC(CC)(CCC[NH2+]C)C(CC)(CC)[NH2+]C.[OH-].[OH-]. The maximum Gasteiger partial charge on any atom is 0.101 e. The molecule has 0 atom stereocenters. The van der Waals surface area contributed by atoms with E-state index in [1.165, 1.54) is 45.1 Å². The van der Waals surface area contributed by atoms with Crippen molar-refractivity contribution in [1.29, 1.82) is 0 Å². The smallest absolute Gasteiger partial charge is 0.101 e. The van der Waals surface area contributed by atoms with Crippen molar-refractivity contribution in [3.8, 4) is 0 Å². The molecule has 0 radical (unpaired) electrons. The standard InChI is InChI=1S/C15H34N2.2H2O/c1-7-14(8-2,12-11-13-16-5)15(9-3,10-4)17-6;;/h16-17H,7-13H2,1-6H3;2*1H2. The Morgan fingerprint density at radius 2 is 1.26 bits per heavy atom. The van der Waals surface area contributed by atoms with Crippen LogP contribution < -0.4 is 10.6 Å². The summed E-state index contributed by atoms with van der Waals surface area (Å²) in [6.45, 7) is 10.8. The topological polar surface area (TPSA) is 93.2 Å². The molecule has 0 saturated heterocycles. The number of hydrogen-bond donors (Lipinski definition) is 2. The van der Waals surface area contributed by atoms with Crippen LogP contribution in [0, 0.1) is 5.41 Å². The maximum atomic E-state index is 2.51. The van der Waals surface area contributed by atoms with Gasteiger partial charge in [0, 0.05) is 5.41 Å². The Balaban J connectivity index is -0.00000128. The second-order valence-corrected chi connectivity index (χ2v) is 5.44. The first-order valence-electron chi connectivity index (χ1n) is 7.70. The van der Waals surface area contributed by atoms with Crippen molar-refractivity contribution in [1.82, 2.24) is 0 Å². The Morgan fingerprint density at radius 1 is 0.789 bits per heavy atom. The average Bonchev–Trinajstić information content (AvgIpc) is 2.39. The molecule has 120 valence electrons. The zero-order valence-electron chi connectivity index (χ0n) is 14.0. The Kier molecular flexibility index (Phi) is 14.7. The second-order valence-electron chi connectivity index (χ2n) is 5.44. The van der Waals surface area contributed by atoms with E-state index in [4.69, 9.17) is 0 Å². The van der Waals surface area contributed by atoms with Crippen LogP contribution in [-0.4, -0.2) is 37.1 Å². The van der Waals surface area contributed by atoms with E-state index in [1.54, 1.807) is 0 Å². The lowest BCUT2D eigenvalue weighted by Crippen LogP contribution is -2.97. The van der Waals surface area contributed by atoms with Crippen LogP contribution in [0.5, 0.6) is 0 Å². The van der Waals surface area contributed by atoms with Gasteiger partial charge in [-0.1, -0.05) is 27.7 Å². The molecule has 19 heavy (non-hydrogen) atoms. The first-order valence-corrected chi connectivity index (χ1v) is 7.70. The molecule has 0 rings (SSSR count). The number of nitrogens with two attached hydrogens (primary N) is 2. The predicted octanol–water partition coefficient (Wildman–Crippen LogP) is 1.16. The summed E-state index contributed by atoms with van der Waals surface area (Å²) < 4.78 is 0. The van der Waals surface area contributed by atoms with E-state index in [-0.39, 0.29) is 11.0 Å². The molecule has 0 aromatic heterocycles. The van der Waals surface area contributed by atoms with E-state index >= 15 is 0 Å². The third kappa shape index (κ3) is 5.03. The van der Waals surface area contributed by atoms with E-state index < -0.39 is 0 Å². The van der Waals surface area contributed by atoms with Gasteiger partial charge in [-0.3, -0.25) is 0 Å². The van der Waals surface area contributed by atoms with Gasteiger partial charge in [-0.25, -0.2) is 0 Å². The fraction of sp³-hybridized carbons (Fsp3) is 1.00. The second kappa shape index (κ2) is 11.6. The molecule has 0 aliphatic heterocycles. The van der Waals surface area contributed by atoms with Gasteiger partial charge in [-0.05, 0) is 38.5 Å². The highest BCUT2D eigenvalue weighted by atomic mass is 16.0. The van der Waals surface area contributed by atoms with Gasteiger partial charge < -0.3 is 21.6 Å². The molecular weight excluding hydrogens is 240 g/mol. The molecule has 0 heterocycles. The zero-order chi connectivity index (χ0) is 13.4. The molecule has 0 aromatic carbocycles. The predicted molar refractivity (Wildman–Crippen MR) is 80.0 cm³/mol. The largest absolute Gasteiger partial charge is 0.870 e. The van der Waals surface area contributed by atoms with Gasteiger partial charge in [0.15, 0.2) is 0 Å². The quantitative estimate of drug-likeness (QED) is 0.587. The minimum atomic E-state index is 0. The number of rotatable bonds is 10. The van der Waals surface area contributed by atoms with Crippen molar-refractivity contribution < 1.29 is 21.6 Å². The van der Waals surface area contributed by atoms with Crippen LogP contribution in [0.3, 0.4) is 0 Å². The van der Waals surface area contributed by atoms with Crippen molar-refractivity contribution in [3.05, 3.63) is 0 Å². The average molecular weight is 278 g/mol. The van der Waals surface area contributed by atoms with Crippen LogP contribution in [0.15, 0.2) is 0 Å². The van der Waals surface area contributed by atoms with Crippen LogP contribution in [-0.2, 0) is 0 Å². The van der Waals surface area contributed by atoms with Gasteiger partial charge >= 0.3 is 0 Å². The summed E-state index contributed by atoms with van der Waals surface area (Å²) in [5, 5.41) is 4.82. The first-order chi connectivity index (χ1) is 8.11. The molecule has 0 amide bonds. The van der Waals surface area contributed by atoms with Crippen LogP contribution in [0.2, 0.25) is 0 Å². The first kappa shape index (κ1) is 23.9. The monoisotopic (exact) mass is 278 g/mol. The molecular formula is C15H38N2O2. The highest BCUT2D eigenvalue weighted by Crippen LogP contribution is 2.43. The fourth-order valence-corrected chi connectivity index (χ4v) is 3.92. The maximum absolute atomic E-state index is 2.51. The normalized spacial score (nSPS) is 11.7. The molecule has 0 saturated carbocycles. The van der Waals surface area contributed by atoms with Crippen LogP contribution in [0.25, 0.3) is 0 Å². The summed E-state index contributed by atoms with van der Waals surface area (Å²) in [6, 6.07) is 0. The minimum Gasteiger partial charge on any atom is -0.870 e. The van der Waals surface area contributed by atoms with E-state index in [9.17, 15) is 0 Å². The molecule has 0 aromatic rings. The Labute approximate surface area is 120 Å².